The lowest BCUT2D eigenvalue weighted by Gasteiger charge is -2.07. The van der Waals surface area contributed by atoms with Crippen LogP contribution in [0.3, 0.4) is 0 Å². The van der Waals surface area contributed by atoms with Gasteiger partial charge >= 0.3 is 0 Å². The van der Waals surface area contributed by atoms with Gasteiger partial charge in [0.15, 0.2) is 0 Å². The van der Waals surface area contributed by atoms with Gasteiger partial charge in [-0.15, -0.1) is 0 Å². The van der Waals surface area contributed by atoms with E-state index in [1.165, 1.54) is 0 Å². The molecule has 0 radical (unpaired) electrons. The second-order valence-corrected chi connectivity index (χ2v) is 3.89. The summed E-state index contributed by atoms with van der Waals surface area (Å²) in [5.41, 5.74) is 0.178. The van der Waals surface area contributed by atoms with Crippen LogP contribution < -0.4 is 5.32 Å². The molecule has 17 heavy (non-hydrogen) atoms. The molecule has 0 spiro atoms. The molecule has 1 rings (SSSR count). The van der Waals surface area contributed by atoms with Gasteiger partial charge in [0.2, 0.25) is 5.91 Å². The number of aliphatic hydroxyl groups is 1. The maximum atomic E-state index is 13.2. The van der Waals surface area contributed by atoms with Gasteiger partial charge in [0.05, 0.1) is 6.10 Å². The quantitative estimate of drug-likeness (QED) is 0.821. The van der Waals surface area contributed by atoms with Crippen molar-refractivity contribution in [2.75, 3.05) is 6.54 Å². The fraction of sp³-hybridized carbons (Fsp3) is 0.417. The summed E-state index contributed by atoms with van der Waals surface area (Å²) in [7, 11) is 0. The van der Waals surface area contributed by atoms with Crippen LogP contribution in [0.4, 0.5) is 8.78 Å². The van der Waals surface area contributed by atoms with Crippen LogP contribution in [0.25, 0.3) is 0 Å². The molecule has 0 saturated heterocycles. The summed E-state index contributed by atoms with van der Waals surface area (Å²) in [4.78, 5) is 11.3. The lowest BCUT2D eigenvalue weighted by atomic mass is 10.1. The van der Waals surface area contributed by atoms with Gasteiger partial charge in [-0.2, -0.15) is 0 Å². The lowest BCUT2D eigenvalue weighted by Crippen LogP contribution is -2.30. The minimum atomic E-state index is -0.621. The molecule has 1 atom stereocenters. The summed E-state index contributed by atoms with van der Waals surface area (Å²) in [5.74, 6) is -1.34. The zero-order valence-corrected chi connectivity index (χ0v) is 9.54. The monoisotopic (exact) mass is 243 g/mol. The van der Waals surface area contributed by atoms with Crippen molar-refractivity contribution in [2.45, 2.75) is 25.9 Å². The number of carbonyl (C=O) groups is 1. The van der Waals surface area contributed by atoms with Crippen LogP contribution in [0.1, 0.15) is 18.9 Å². The van der Waals surface area contributed by atoms with Crippen molar-refractivity contribution in [1.29, 1.82) is 0 Å². The molecular weight excluding hydrogens is 228 g/mol. The van der Waals surface area contributed by atoms with Gasteiger partial charge in [0.1, 0.15) is 11.6 Å². The van der Waals surface area contributed by atoms with E-state index in [-0.39, 0.29) is 30.9 Å². The molecule has 2 N–H and O–H groups in total. The maximum Gasteiger partial charge on any atom is 0.220 e. The molecule has 0 aliphatic heterocycles. The van der Waals surface area contributed by atoms with Gasteiger partial charge in [0.25, 0.3) is 0 Å². The van der Waals surface area contributed by atoms with E-state index in [9.17, 15) is 13.6 Å². The smallest absolute Gasteiger partial charge is 0.220 e. The van der Waals surface area contributed by atoms with E-state index in [1.807, 2.05) is 0 Å². The summed E-state index contributed by atoms with van der Waals surface area (Å²) < 4.78 is 26.0. The molecule has 0 heterocycles. The number of amides is 1. The highest BCUT2D eigenvalue weighted by Gasteiger charge is 2.07. The lowest BCUT2D eigenvalue weighted by molar-refractivity contribution is -0.121. The van der Waals surface area contributed by atoms with Crippen molar-refractivity contribution in [3.8, 4) is 0 Å². The number of hydrogen-bond acceptors (Lipinski definition) is 2. The Labute approximate surface area is 98.5 Å². The van der Waals surface area contributed by atoms with E-state index in [4.69, 9.17) is 5.11 Å². The van der Waals surface area contributed by atoms with E-state index >= 15 is 0 Å². The average Bonchev–Trinajstić information content (AvgIpc) is 2.27. The fourth-order valence-electron chi connectivity index (χ4n) is 1.33. The summed E-state index contributed by atoms with van der Waals surface area (Å²) in [6.07, 6.45) is -0.424. The van der Waals surface area contributed by atoms with Gasteiger partial charge in [-0.25, -0.2) is 8.78 Å². The zero-order valence-electron chi connectivity index (χ0n) is 9.54. The highest BCUT2D eigenvalue weighted by atomic mass is 19.1. The number of aryl methyl sites for hydroxylation is 1. The minimum absolute atomic E-state index is 0.0626. The molecule has 3 nitrogen and oxygen atoms in total. The second kappa shape index (κ2) is 6.30. The van der Waals surface area contributed by atoms with E-state index < -0.39 is 17.7 Å². The van der Waals surface area contributed by atoms with Crippen LogP contribution >= 0.6 is 0 Å². The number of benzene rings is 1. The Morgan fingerprint density at radius 1 is 1.47 bits per heavy atom. The van der Waals surface area contributed by atoms with Gasteiger partial charge in [-0.05, 0) is 37.1 Å². The van der Waals surface area contributed by atoms with Crippen LogP contribution in [0.5, 0.6) is 0 Å². The SMILES string of the molecule is CC(O)CNC(=O)CCc1cc(F)ccc1F. The van der Waals surface area contributed by atoms with Gasteiger partial charge in [-0.1, -0.05) is 0 Å². The normalized spacial score (nSPS) is 12.2. The predicted molar refractivity (Wildman–Crippen MR) is 59.4 cm³/mol. The molecule has 0 aliphatic rings. The molecule has 5 heteroatoms. The molecule has 0 bridgehead atoms. The first-order valence-corrected chi connectivity index (χ1v) is 5.37. The van der Waals surface area contributed by atoms with E-state index in [1.54, 1.807) is 6.92 Å². The predicted octanol–water partition coefficient (Wildman–Crippen LogP) is 1.39. The minimum Gasteiger partial charge on any atom is -0.392 e. The summed E-state index contributed by atoms with van der Waals surface area (Å²) in [5, 5.41) is 11.4. The summed E-state index contributed by atoms with van der Waals surface area (Å²) in [6.45, 7) is 1.71. The van der Waals surface area contributed by atoms with Gasteiger partial charge < -0.3 is 10.4 Å². The highest BCUT2D eigenvalue weighted by molar-refractivity contribution is 5.76. The van der Waals surface area contributed by atoms with Crippen LogP contribution in [0.2, 0.25) is 0 Å². The van der Waals surface area contributed by atoms with Crippen molar-refractivity contribution in [3.63, 3.8) is 0 Å². The summed E-state index contributed by atoms with van der Waals surface area (Å²) >= 11 is 0. The molecule has 0 saturated carbocycles. The van der Waals surface area contributed by atoms with Crippen molar-refractivity contribution in [2.24, 2.45) is 0 Å². The Balaban J connectivity index is 2.44. The van der Waals surface area contributed by atoms with Crippen LogP contribution in [0.15, 0.2) is 18.2 Å². The van der Waals surface area contributed by atoms with E-state index in [0.29, 0.717) is 0 Å². The number of hydrogen-bond donors (Lipinski definition) is 2. The molecular formula is C12H15F2NO2. The number of nitrogens with one attached hydrogen (secondary N) is 1. The van der Waals surface area contributed by atoms with Gasteiger partial charge in [-0.3, -0.25) is 4.79 Å². The number of carbonyl (C=O) groups excluding carboxylic acids is 1. The number of aliphatic hydroxyl groups excluding tert-OH is 1. The topological polar surface area (TPSA) is 49.3 Å². The number of rotatable bonds is 5. The Hall–Kier alpha value is -1.49. The van der Waals surface area contributed by atoms with Gasteiger partial charge in [0, 0.05) is 13.0 Å². The Morgan fingerprint density at radius 3 is 2.82 bits per heavy atom. The largest absolute Gasteiger partial charge is 0.392 e. The molecule has 94 valence electrons. The third kappa shape index (κ3) is 4.91. The van der Waals surface area contributed by atoms with Crippen LogP contribution in [-0.4, -0.2) is 23.7 Å². The van der Waals surface area contributed by atoms with Crippen molar-refractivity contribution in [3.05, 3.63) is 35.4 Å². The third-order valence-electron chi connectivity index (χ3n) is 2.22. The summed E-state index contributed by atoms with van der Waals surface area (Å²) in [6, 6.07) is 3.15. The van der Waals surface area contributed by atoms with Crippen molar-refractivity contribution < 1.29 is 18.7 Å². The first kappa shape index (κ1) is 13.6. The standard InChI is InChI=1S/C12H15F2NO2/c1-8(16)7-15-12(17)5-2-9-6-10(13)3-4-11(9)14/h3-4,6,8,16H,2,5,7H2,1H3,(H,15,17). The molecule has 0 aliphatic carbocycles. The number of halogens is 2. The molecule has 1 aromatic carbocycles. The zero-order chi connectivity index (χ0) is 12.8. The molecule has 0 aromatic heterocycles. The molecule has 1 unspecified atom stereocenters. The van der Waals surface area contributed by atoms with E-state index in [2.05, 4.69) is 5.32 Å². The maximum absolute atomic E-state index is 13.2. The average molecular weight is 243 g/mol. The first-order valence-electron chi connectivity index (χ1n) is 5.37. The van der Waals surface area contributed by atoms with Crippen molar-refractivity contribution >= 4 is 5.91 Å². The Morgan fingerprint density at radius 2 is 2.18 bits per heavy atom. The molecule has 1 aromatic rings. The van der Waals surface area contributed by atoms with Crippen LogP contribution in [-0.2, 0) is 11.2 Å². The molecule has 1 amide bonds. The van der Waals surface area contributed by atoms with Crippen LogP contribution in [0, 0.1) is 11.6 Å². The first-order chi connectivity index (χ1) is 7.99. The second-order valence-electron chi connectivity index (χ2n) is 3.89. The van der Waals surface area contributed by atoms with E-state index in [0.717, 1.165) is 18.2 Å². The third-order valence-corrected chi connectivity index (χ3v) is 2.22. The molecule has 0 fully saturated rings. The van der Waals surface area contributed by atoms with Crippen molar-refractivity contribution in [1.82, 2.24) is 5.32 Å². The Kier molecular flexibility index (Phi) is 5.03. The highest BCUT2D eigenvalue weighted by Crippen LogP contribution is 2.11. The fourth-order valence-corrected chi connectivity index (χ4v) is 1.33. The Bertz CT molecular complexity index is 394.